The second-order valence-corrected chi connectivity index (χ2v) is 10.7. The summed E-state index contributed by atoms with van der Waals surface area (Å²) in [7, 11) is 0. The van der Waals surface area contributed by atoms with Crippen LogP contribution in [-0.2, 0) is 0 Å². The summed E-state index contributed by atoms with van der Waals surface area (Å²) in [5, 5.41) is 9.54. The predicted molar refractivity (Wildman–Crippen MR) is 173 cm³/mol. The van der Waals surface area contributed by atoms with Crippen molar-refractivity contribution in [3.63, 3.8) is 0 Å². The topological polar surface area (TPSA) is 53.5 Å². The van der Waals surface area contributed by atoms with E-state index in [1.54, 1.807) is 0 Å². The first-order valence-electron chi connectivity index (χ1n) is 14.3. The lowest BCUT2D eigenvalue weighted by atomic mass is 10.1. The number of aromatic nitrogens is 6. The fourth-order valence-electron chi connectivity index (χ4n) is 6.34. The summed E-state index contributed by atoms with van der Waals surface area (Å²) in [6, 6.07) is 42.3. The molecule has 9 aromatic rings. The Hall–Kier alpha value is -6.01. The van der Waals surface area contributed by atoms with Crippen molar-refractivity contribution in [1.29, 1.82) is 0 Å². The maximum absolute atomic E-state index is 4.81. The molecule has 0 aliphatic rings. The molecule has 0 unspecified atom stereocenters. The Morgan fingerprint density at radius 2 is 1.19 bits per heavy atom. The van der Waals surface area contributed by atoms with Gasteiger partial charge in [0.2, 0.25) is 0 Å². The van der Waals surface area contributed by atoms with E-state index in [9.17, 15) is 0 Å². The van der Waals surface area contributed by atoms with Crippen molar-refractivity contribution < 1.29 is 0 Å². The van der Waals surface area contributed by atoms with Crippen LogP contribution in [0.15, 0.2) is 146 Å². The molecule has 9 rings (SSSR count). The predicted octanol–water partition coefficient (Wildman–Crippen LogP) is 8.52. The molecule has 0 fully saturated rings. The van der Waals surface area contributed by atoms with Gasteiger partial charge in [0.25, 0.3) is 0 Å². The fraction of sp³-hybridized carbons (Fsp3) is 0. The Kier molecular flexibility index (Phi) is 5.10. The minimum absolute atomic E-state index is 0.922. The van der Waals surface area contributed by atoms with Gasteiger partial charge < -0.3 is 4.57 Å². The van der Waals surface area contributed by atoms with Gasteiger partial charge >= 0.3 is 0 Å². The second-order valence-electron chi connectivity index (χ2n) is 10.7. The van der Waals surface area contributed by atoms with Crippen molar-refractivity contribution in [2.24, 2.45) is 0 Å². The summed E-state index contributed by atoms with van der Waals surface area (Å²) in [4.78, 5) is 9.33. The maximum Gasteiger partial charge on any atom is 0.145 e. The number of fused-ring (bicyclic) bond motifs is 6. The third-order valence-electron chi connectivity index (χ3n) is 8.25. The van der Waals surface area contributed by atoms with Gasteiger partial charge in [0.15, 0.2) is 0 Å². The molecule has 0 amide bonds. The van der Waals surface area contributed by atoms with E-state index < -0.39 is 0 Å². The van der Waals surface area contributed by atoms with Gasteiger partial charge in [0, 0.05) is 45.2 Å². The Labute approximate surface area is 246 Å². The van der Waals surface area contributed by atoms with Crippen LogP contribution >= 0.6 is 0 Å². The van der Waals surface area contributed by atoms with Crippen molar-refractivity contribution in [2.75, 3.05) is 0 Å². The van der Waals surface area contributed by atoms with Crippen LogP contribution in [0, 0.1) is 0 Å². The molecule has 0 bridgehead atoms. The van der Waals surface area contributed by atoms with Crippen LogP contribution in [0.1, 0.15) is 0 Å². The van der Waals surface area contributed by atoms with Crippen LogP contribution in [0.2, 0.25) is 0 Å². The van der Waals surface area contributed by atoms with Gasteiger partial charge in [-0.2, -0.15) is 5.10 Å². The molecule has 43 heavy (non-hydrogen) atoms. The van der Waals surface area contributed by atoms with E-state index in [1.807, 2.05) is 41.5 Å². The molecule has 6 nitrogen and oxygen atoms in total. The number of benzene rings is 4. The molecule has 0 spiro atoms. The van der Waals surface area contributed by atoms with E-state index in [0.717, 1.165) is 55.9 Å². The largest absolute Gasteiger partial charge is 0.309 e. The summed E-state index contributed by atoms with van der Waals surface area (Å²) in [6.45, 7) is 0. The molecule has 4 aromatic carbocycles. The van der Waals surface area contributed by atoms with Gasteiger partial charge in [-0.3, -0.25) is 9.55 Å². The summed E-state index contributed by atoms with van der Waals surface area (Å²) in [6.07, 6.45) is 7.67. The zero-order valence-corrected chi connectivity index (χ0v) is 23.0. The Balaban J connectivity index is 1.20. The van der Waals surface area contributed by atoms with Gasteiger partial charge in [0.1, 0.15) is 5.65 Å². The van der Waals surface area contributed by atoms with E-state index in [0.29, 0.717) is 0 Å². The first-order valence-corrected chi connectivity index (χ1v) is 14.3. The number of pyridine rings is 2. The molecule has 202 valence electrons. The van der Waals surface area contributed by atoms with Gasteiger partial charge in [-0.15, -0.1) is 0 Å². The molecule has 0 aliphatic heterocycles. The van der Waals surface area contributed by atoms with E-state index in [4.69, 9.17) is 10.1 Å². The quantitative estimate of drug-likeness (QED) is 0.220. The minimum Gasteiger partial charge on any atom is -0.309 e. The fourth-order valence-corrected chi connectivity index (χ4v) is 6.34. The smallest absolute Gasteiger partial charge is 0.145 e. The van der Waals surface area contributed by atoms with Crippen LogP contribution in [0.3, 0.4) is 0 Å². The first kappa shape index (κ1) is 23.7. The van der Waals surface area contributed by atoms with Crippen LogP contribution < -0.4 is 0 Å². The summed E-state index contributed by atoms with van der Waals surface area (Å²) < 4.78 is 6.46. The van der Waals surface area contributed by atoms with Crippen LogP contribution in [0.25, 0.3) is 72.1 Å². The van der Waals surface area contributed by atoms with Gasteiger partial charge in [-0.25, -0.2) is 9.67 Å². The molecule has 5 heterocycles. The average molecular weight is 553 g/mol. The van der Waals surface area contributed by atoms with E-state index in [-0.39, 0.29) is 0 Å². The molecule has 0 saturated carbocycles. The Bertz CT molecular complexity index is 2410. The Morgan fingerprint density at radius 1 is 0.465 bits per heavy atom. The molecule has 0 saturated heterocycles. The third-order valence-corrected chi connectivity index (χ3v) is 8.25. The molecule has 0 atom stereocenters. The molecule has 0 radical (unpaired) electrons. The van der Waals surface area contributed by atoms with E-state index >= 15 is 0 Å². The number of nitrogens with zero attached hydrogens (tertiary/aromatic N) is 6. The van der Waals surface area contributed by atoms with Crippen molar-refractivity contribution >= 4 is 43.7 Å². The third kappa shape index (κ3) is 3.63. The zero-order chi connectivity index (χ0) is 28.3. The highest BCUT2D eigenvalue weighted by atomic mass is 15.3. The van der Waals surface area contributed by atoms with Crippen molar-refractivity contribution in [3.8, 4) is 28.3 Å². The number of rotatable bonds is 4. The number of hydrogen-bond acceptors (Lipinski definition) is 3. The van der Waals surface area contributed by atoms with Crippen molar-refractivity contribution in [3.05, 3.63) is 146 Å². The van der Waals surface area contributed by atoms with Crippen LogP contribution in [0.4, 0.5) is 0 Å². The lowest BCUT2D eigenvalue weighted by Crippen LogP contribution is -1.99. The van der Waals surface area contributed by atoms with Crippen molar-refractivity contribution in [1.82, 2.24) is 28.9 Å². The highest BCUT2D eigenvalue weighted by Crippen LogP contribution is 2.35. The lowest BCUT2D eigenvalue weighted by molar-refractivity contribution is 0.878. The van der Waals surface area contributed by atoms with E-state index in [2.05, 4.69) is 123 Å². The molecular formula is C37H24N6. The normalized spacial score (nSPS) is 11.7. The first-order chi connectivity index (χ1) is 21.3. The monoisotopic (exact) mass is 552 g/mol. The summed E-state index contributed by atoms with van der Waals surface area (Å²) in [5.41, 5.74) is 9.38. The molecule has 6 heteroatoms. The van der Waals surface area contributed by atoms with Gasteiger partial charge in [0.05, 0.1) is 46.0 Å². The maximum atomic E-state index is 4.81. The van der Waals surface area contributed by atoms with Crippen LogP contribution in [0.5, 0.6) is 0 Å². The second kappa shape index (κ2) is 9.26. The lowest BCUT2D eigenvalue weighted by Gasteiger charge is -2.11. The standard InChI is InChI=1S/C37H24N6/c1-3-15-34-29(11-1)31-18-17-25(33-14-5-6-19-38-33)21-36(31)42(34)27-10-7-9-26(22-27)41-24-28(23-40-41)43-35-16-4-2-12-30(35)32-13-8-20-39-37(32)43/h1-24H. The van der Waals surface area contributed by atoms with E-state index in [1.165, 1.54) is 16.2 Å². The molecule has 5 aromatic heterocycles. The zero-order valence-electron chi connectivity index (χ0n) is 23.0. The highest BCUT2D eigenvalue weighted by Gasteiger charge is 2.16. The van der Waals surface area contributed by atoms with Gasteiger partial charge in [-0.1, -0.05) is 60.7 Å². The average Bonchev–Trinajstić information content (AvgIpc) is 3.78. The highest BCUT2D eigenvalue weighted by molar-refractivity contribution is 6.10. The van der Waals surface area contributed by atoms with Gasteiger partial charge in [-0.05, 0) is 60.7 Å². The SMILES string of the molecule is c1ccc(-c2ccc3c4ccccc4n(-c4cccc(-n5cc(-n6c7ccccc7c7cccnc76)cn5)c4)c3c2)nc1. The number of hydrogen-bond donors (Lipinski definition) is 0. The Morgan fingerprint density at radius 3 is 2.05 bits per heavy atom. The number of para-hydroxylation sites is 2. The van der Waals surface area contributed by atoms with Crippen molar-refractivity contribution in [2.45, 2.75) is 0 Å². The molecular weight excluding hydrogens is 528 g/mol. The summed E-state index contributed by atoms with van der Waals surface area (Å²) >= 11 is 0. The molecule has 0 aliphatic carbocycles. The van der Waals surface area contributed by atoms with Crippen LogP contribution in [-0.4, -0.2) is 28.9 Å². The summed E-state index contributed by atoms with van der Waals surface area (Å²) in [5.74, 6) is 0. The molecule has 0 N–H and O–H groups in total. The minimum atomic E-state index is 0.922.